The summed E-state index contributed by atoms with van der Waals surface area (Å²) in [6, 6.07) is 13.9. The number of carbonyl (C=O) groups excluding carboxylic acids is 2. The molecule has 1 unspecified atom stereocenters. The smallest absolute Gasteiger partial charge is 0.235 e. The number of amides is 2. The predicted molar refractivity (Wildman–Crippen MR) is 105 cm³/mol. The molecule has 0 heterocycles. The van der Waals surface area contributed by atoms with Crippen LogP contribution in [0.25, 0.3) is 0 Å². The summed E-state index contributed by atoms with van der Waals surface area (Å²) in [6.07, 6.45) is 0. The summed E-state index contributed by atoms with van der Waals surface area (Å²) in [5.74, 6) is -0.449. The van der Waals surface area contributed by atoms with E-state index in [9.17, 15) is 14.0 Å². The lowest BCUT2D eigenvalue weighted by Crippen LogP contribution is -2.33. The van der Waals surface area contributed by atoms with Gasteiger partial charge in [-0.05, 0) is 32.0 Å². The Morgan fingerprint density at radius 1 is 1.15 bits per heavy atom. The minimum Gasteiger partial charge on any atom is -0.340 e. The zero-order valence-electron chi connectivity index (χ0n) is 15.2. The fourth-order valence-electron chi connectivity index (χ4n) is 2.38. The van der Waals surface area contributed by atoms with Crippen molar-refractivity contribution >= 4 is 29.3 Å². The first-order valence-electron chi connectivity index (χ1n) is 8.33. The van der Waals surface area contributed by atoms with Crippen LogP contribution in [0.15, 0.2) is 48.5 Å². The van der Waals surface area contributed by atoms with Crippen molar-refractivity contribution in [3.63, 3.8) is 0 Å². The molecule has 6 heteroatoms. The third-order valence-corrected chi connectivity index (χ3v) is 5.02. The Labute approximate surface area is 157 Å². The quantitative estimate of drug-likeness (QED) is 0.801. The molecule has 26 heavy (non-hydrogen) atoms. The van der Waals surface area contributed by atoms with Crippen LogP contribution in [0.2, 0.25) is 0 Å². The number of halogens is 1. The summed E-state index contributed by atoms with van der Waals surface area (Å²) in [5, 5.41) is 2.41. The number of hydrogen-bond donors (Lipinski definition) is 1. The van der Waals surface area contributed by atoms with Crippen LogP contribution >= 0.6 is 11.8 Å². The Hall–Kier alpha value is -2.34. The lowest BCUT2D eigenvalue weighted by Gasteiger charge is -2.21. The highest BCUT2D eigenvalue weighted by Gasteiger charge is 2.20. The molecule has 0 aliphatic carbocycles. The molecule has 0 aliphatic rings. The molecule has 2 rings (SSSR count). The van der Waals surface area contributed by atoms with E-state index in [1.165, 1.54) is 22.7 Å². The van der Waals surface area contributed by atoms with Crippen molar-refractivity contribution < 1.29 is 14.0 Å². The third-order valence-electron chi connectivity index (χ3n) is 3.89. The summed E-state index contributed by atoms with van der Waals surface area (Å²) in [7, 11) is 1.64. The fourth-order valence-corrected chi connectivity index (χ4v) is 3.17. The number of carbonyl (C=O) groups is 2. The van der Waals surface area contributed by atoms with Crippen molar-refractivity contribution in [2.75, 3.05) is 18.1 Å². The fraction of sp³-hybridized carbons (Fsp3) is 0.300. The van der Waals surface area contributed by atoms with Crippen molar-refractivity contribution in [1.82, 2.24) is 4.90 Å². The van der Waals surface area contributed by atoms with Crippen LogP contribution < -0.4 is 5.32 Å². The molecule has 2 amide bonds. The van der Waals surface area contributed by atoms with Gasteiger partial charge in [-0.2, -0.15) is 0 Å². The molecular weight excluding hydrogens is 351 g/mol. The third kappa shape index (κ3) is 5.88. The molecule has 1 atom stereocenters. The van der Waals surface area contributed by atoms with Gasteiger partial charge in [0.2, 0.25) is 11.8 Å². The average Bonchev–Trinajstić information content (AvgIpc) is 2.63. The molecule has 4 nitrogen and oxygen atoms in total. The summed E-state index contributed by atoms with van der Waals surface area (Å²) in [6.45, 7) is 3.93. The molecule has 0 saturated carbocycles. The zero-order chi connectivity index (χ0) is 19.1. The molecule has 0 radical (unpaired) electrons. The number of anilines is 1. The van der Waals surface area contributed by atoms with Gasteiger partial charge in [0.1, 0.15) is 5.82 Å². The number of hydrogen-bond acceptors (Lipinski definition) is 3. The number of nitrogens with zero attached hydrogens (tertiary/aromatic N) is 1. The average molecular weight is 374 g/mol. The first-order valence-corrected chi connectivity index (χ1v) is 9.38. The van der Waals surface area contributed by atoms with E-state index in [2.05, 4.69) is 5.32 Å². The minimum atomic E-state index is -0.393. The van der Waals surface area contributed by atoms with Crippen LogP contribution in [-0.4, -0.2) is 34.8 Å². The second-order valence-electron chi connectivity index (χ2n) is 6.15. The SMILES string of the molecule is Cc1ccc(NC(=O)CSC(C)C(=O)N(C)Cc2ccccc2F)cc1. The number of rotatable bonds is 7. The van der Waals surface area contributed by atoms with Gasteiger partial charge in [-0.1, -0.05) is 35.9 Å². The molecule has 0 bridgehead atoms. The van der Waals surface area contributed by atoms with Gasteiger partial charge in [0.15, 0.2) is 0 Å². The van der Waals surface area contributed by atoms with Crippen molar-refractivity contribution in [2.24, 2.45) is 0 Å². The van der Waals surface area contributed by atoms with E-state index in [1.807, 2.05) is 31.2 Å². The largest absolute Gasteiger partial charge is 0.340 e. The van der Waals surface area contributed by atoms with E-state index in [0.29, 0.717) is 5.56 Å². The summed E-state index contributed by atoms with van der Waals surface area (Å²) < 4.78 is 13.7. The number of nitrogens with one attached hydrogen (secondary N) is 1. The van der Waals surface area contributed by atoms with Crippen LogP contribution in [-0.2, 0) is 16.1 Å². The number of thioether (sulfide) groups is 1. The van der Waals surface area contributed by atoms with E-state index in [-0.39, 0.29) is 29.9 Å². The standard InChI is InChI=1S/C20H23FN2O2S/c1-14-8-10-17(11-9-14)22-19(24)13-26-15(2)20(25)23(3)12-16-6-4-5-7-18(16)21/h4-11,15H,12-13H2,1-3H3,(H,22,24). The summed E-state index contributed by atoms with van der Waals surface area (Å²) in [4.78, 5) is 25.9. The van der Waals surface area contributed by atoms with Gasteiger partial charge >= 0.3 is 0 Å². The predicted octanol–water partition coefficient (Wildman–Crippen LogP) is 3.85. The van der Waals surface area contributed by atoms with Gasteiger partial charge < -0.3 is 10.2 Å². The Kier molecular flexibility index (Phi) is 7.21. The van der Waals surface area contributed by atoms with Gasteiger partial charge in [-0.3, -0.25) is 9.59 Å². The van der Waals surface area contributed by atoms with Crippen LogP contribution in [0.5, 0.6) is 0 Å². The minimum absolute atomic E-state index is 0.138. The molecule has 0 spiro atoms. The second-order valence-corrected chi connectivity index (χ2v) is 7.48. The van der Waals surface area contributed by atoms with Crippen molar-refractivity contribution in [1.29, 1.82) is 0 Å². The molecule has 0 fully saturated rings. The van der Waals surface area contributed by atoms with Crippen LogP contribution in [0.3, 0.4) is 0 Å². The molecule has 1 N–H and O–H groups in total. The Morgan fingerprint density at radius 2 is 1.81 bits per heavy atom. The van der Waals surface area contributed by atoms with E-state index in [0.717, 1.165) is 11.3 Å². The molecule has 138 valence electrons. The van der Waals surface area contributed by atoms with Crippen molar-refractivity contribution in [3.05, 3.63) is 65.5 Å². The van der Waals surface area contributed by atoms with Gasteiger partial charge in [0.05, 0.1) is 11.0 Å². The summed E-state index contributed by atoms with van der Waals surface area (Å²) in [5.41, 5.74) is 2.32. The summed E-state index contributed by atoms with van der Waals surface area (Å²) >= 11 is 1.26. The lowest BCUT2D eigenvalue weighted by atomic mass is 10.2. The molecule has 2 aromatic carbocycles. The highest BCUT2D eigenvalue weighted by molar-refractivity contribution is 8.01. The highest BCUT2D eigenvalue weighted by Crippen LogP contribution is 2.17. The number of benzene rings is 2. The normalized spacial score (nSPS) is 11.7. The van der Waals surface area contributed by atoms with E-state index < -0.39 is 5.25 Å². The first kappa shape index (κ1) is 20.0. The maximum Gasteiger partial charge on any atom is 0.235 e. The Morgan fingerprint density at radius 3 is 2.46 bits per heavy atom. The molecular formula is C20H23FN2O2S. The zero-order valence-corrected chi connectivity index (χ0v) is 16.0. The van der Waals surface area contributed by atoms with E-state index >= 15 is 0 Å². The van der Waals surface area contributed by atoms with E-state index in [1.54, 1.807) is 32.2 Å². The molecule has 2 aromatic rings. The topological polar surface area (TPSA) is 49.4 Å². The monoisotopic (exact) mass is 374 g/mol. The molecule has 0 aromatic heterocycles. The molecule has 0 saturated heterocycles. The maximum absolute atomic E-state index is 13.7. The van der Waals surface area contributed by atoms with Gasteiger partial charge in [0.25, 0.3) is 0 Å². The van der Waals surface area contributed by atoms with Gasteiger partial charge in [-0.25, -0.2) is 4.39 Å². The second kappa shape index (κ2) is 9.38. The Balaban J connectivity index is 1.81. The van der Waals surface area contributed by atoms with Gasteiger partial charge in [-0.15, -0.1) is 11.8 Å². The lowest BCUT2D eigenvalue weighted by molar-refractivity contribution is -0.129. The Bertz CT molecular complexity index is 765. The first-order chi connectivity index (χ1) is 12.4. The maximum atomic E-state index is 13.7. The molecule has 0 aliphatic heterocycles. The van der Waals surface area contributed by atoms with E-state index in [4.69, 9.17) is 0 Å². The number of aryl methyl sites for hydroxylation is 1. The van der Waals surface area contributed by atoms with Gasteiger partial charge in [0, 0.05) is 24.8 Å². The van der Waals surface area contributed by atoms with Crippen molar-refractivity contribution in [2.45, 2.75) is 25.6 Å². The van der Waals surface area contributed by atoms with Crippen LogP contribution in [0, 0.1) is 12.7 Å². The van der Waals surface area contributed by atoms with Crippen LogP contribution in [0.4, 0.5) is 10.1 Å². The highest BCUT2D eigenvalue weighted by atomic mass is 32.2. The van der Waals surface area contributed by atoms with Crippen LogP contribution in [0.1, 0.15) is 18.1 Å². The van der Waals surface area contributed by atoms with Crippen molar-refractivity contribution in [3.8, 4) is 0 Å².